The van der Waals surface area contributed by atoms with Gasteiger partial charge in [-0.15, -0.1) is 0 Å². The summed E-state index contributed by atoms with van der Waals surface area (Å²) in [6, 6.07) is 4.05. The molecule has 220 valence electrons. The average molecular weight is 569 g/mol. The fourth-order valence-electron chi connectivity index (χ4n) is 3.84. The zero-order chi connectivity index (χ0) is 30.0. The Bertz CT molecular complexity index is 1090. The SMILES string of the molecule is COc1ccc(NC(=O)N[C@@H]2[C@@H](OC(C)=O)O[C@@H]([C@@H](COC(C)=O)OC(C)=O)[C@H](OC(C)=O)[C@H]2OC(C)=O)cc1. The second kappa shape index (κ2) is 14.7. The van der Waals surface area contributed by atoms with Crippen LogP contribution in [0.3, 0.4) is 0 Å². The van der Waals surface area contributed by atoms with Crippen LogP contribution in [-0.4, -0.2) is 86.3 Å². The molecule has 0 spiro atoms. The summed E-state index contributed by atoms with van der Waals surface area (Å²) in [6.07, 6.45) is -7.59. The number of nitrogens with one attached hydrogen (secondary N) is 2. The molecule has 15 heteroatoms. The number of anilines is 1. The molecule has 1 aromatic rings. The molecule has 40 heavy (non-hydrogen) atoms. The van der Waals surface area contributed by atoms with Crippen LogP contribution in [0.1, 0.15) is 34.6 Å². The lowest BCUT2D eigenvalue weighted by Crippen LogP contribution is -2.69. The fraction of sp³-hybridized carbons (Fsp3) is 0.520. The Kier molecular flexibility index (Phi) is 11.7. The van der Waals surface area contributed by atoms with Crippen molar-refractivity contribution in [2.75, 3.05) is 19.0 Å². The molecule has 15 nitrogen and oxygen atoms in total. The quantitative estimate of drug-likeness (QED) is 0.298. The molecule has 1 aromatic carbocycles. The van der Waals surface area contributed by atoms with Crippen LogP contribution >= 0.6 is 0 Å². The Hall–Kier alpha value is -4.40. The van der Waals surface area contributed by atoms with E-state index in [1.807, 2.05) is 0 Å². The van der Waals surface area contributed by atoms with E-state index in [0.29, 0.717) is 11.4 Å². The van der Waals surface area contributed by atoms with Gasteiger partial charge in [0.2, 0.25) is 6.29 Å². The highest BCUT2D eigenvalue weighted by molar-refractivity contribution is 5.89. The van der Waals surface area contributed by atoms with Crippen LogP contribution in [0.25, 0.3) is 0 Å². The summed E-state index contributed by atoms with van der Waals surface area (Å²) < 4.78 is 37.3. The second-order valence-electron chi connectivity index (χ2n) is 8.53. The topological polar surface area (TPSA) is 191 Å². The minimum atomic E-state index is -1.64. The molecule has 2 N–H and O–H groups in total. The van der Waals surface area contributed by atoms with Gasteiger partial charge >= 0.3 is 35.9 Å². The zero-order valence-electron chi connectivity index (χ0n) is 22.8. The highest BCUT2D eigenvalue weighted by Crippen LogP contribution is 2.31. The molecule has 2 amide bonds. The first-order valence-electron chi connectivity index (χ1n) is 12.0. The molecule has 1 heterocycles. The van der Waals surface area contributed by atoms with Crippen molar-refractivity contribution in [2.45, 2.75) is 71.4 Å². The first kappa shape index (κ1) is 31.8. The summed E-state index contributed by atoms with van der Waals surface area (Å²) in [7, 11) is 1.48. The number of ether oxygens (including phenoxy) is 7. The first-order valence-corrected chi connectivity index (χ1v) is 12.0. The lowest BCUT2D eigenvalue weighted by Gasteiger charge is -2.46. The summed E-state index contributed by atoms with van der Waals surface area (Å²) in [5, 5.41) is 5.08. The Morgan fingerprint density at radius 3 is 1.88 bits per heavy atom. The van der Waals surface area contributed by atoms with Gasteiger partial charge in [-0.1, -0.05) is 0 Å². The number of methoxy groups -OCH3 is 1. The van der Waals surface area contributed by atoms with E-state index in [2.05, 4.69) is 10.6 Å². The van der Waals surface area contributed by atoms with E-state index in [4.69, 9.17) is 33.2 Å². The summed E-state index contributed by atoms with van der Waals surface area (Å²) in [5.74, 6) is -3.53. The van der Waals surface area contributed by atoms with Crippen LogP contribution in [-0.2, 0) is 52.4 Å². The normalized spacial score (nSPS) is 22.5. The number of carbonyl (C=O) groups is 6. The number of carbonyl (C=O) groups excluding carboxylic acids is 6. The monoisotopic (exact) mass is 568 g/mol. The van der Waals surface area contributed by atoms with Gasteiger partial charge in [0.05, 0.1) is 7.11 Å². The Balaban J connectivity index is 2.49. The van der Waals surface area contributed by atoms with Crippen molar-refractivity contribution in [2.24, 2.45) is 0 Å². The lowest BCUT2D eigenvalue weighted by molar-refractivity contribution is -0.282. The van der Waals surface area contributed by atoms with E-state index in [1.54, 1.807) is 24.3 Å². The Morgan fingerprint density at radius 1 is 0.800 bits per heavy atom. The molecule has 1 aliphatic rings. The maximum Gasteiger partial charge on any atom is 0.319 e. The standard InChI is InChI=1S/C25H32N2O13/c1-12(28)35-11-19(36-13(2)29)21-23(38-15(4)31)22(37-14(3)30)20(24(40-21)39-16(5)32)27-25(33)26-17-7-9-18(34-6)10-8-17/h7-10,19-24H,11H2,1-6H3,(H2,26,27,33)/t19-,20+,21+,22+,23+,24+/m1/s1. The van der Waals surface area contributed by atoms with Gasteiger partial charge in [0, 0.05) is 40.3 Å². The third kappa shape index (κ3) is 9.72. The average Bonchev–Trinajstić information content (AvgIpc) is 2.84. The Morgan fingerprint density at radius 2 is 1.38 bits per heavy atom. The van der Waals surface area contributed by atoms with Gasteiger partial charge in [-0.05, 0) is 24.3 Å². The van der Waals surface area contributed by atoms with Crippen LogP contribution in [0.15, 0.2) is 24.3 Å². The molecule has 1 saturated heterocycles. The van der Waals surface area contributed by atoms with Crippen molar-refractivity contribution in [3.8, 4) is 5.75 Å². The number of benzene rings is 1. The van der Waals surface area contributed by atoms with E-state index in [9.17, 15) is 28.8 Å². The molecule has 0 saturated carbocycles. The van der Waals surface area contributed by atoms with Gasteiger partial charge in [-0.25, -0.2) is 4.79 Å². The number of urea groups is 1. The molecule has 0 bridgehead atoms. The van der Waals surface area contributed by atoms with Crippen molar-refractivity contribution in [3.05, 3.63) is 24.3 Å². The molecule has 0 radical (unpaired) electrons. The van der Waals surface area contributed by atoms with E-state index >= 15 is 0 Å². The van der Waals surface area contributed by atoms with Gasteiger partial charge in [0.15, 0.2) is 18.3 Å². The zero-order valence-corrected chi connectivity index (χ0v) is 22.8. The molecule has 1 aliphatic heterocycles. The number of amides is 2. The summed E-state index contributed by atoms with van der Waals surface area (Å²) >= 11 is 0. The van der Waals surface area contributed by atoms with Gasteiger partial charge in [0.25, 0.3) is 0 Å². The molecular formula is C25H32N2O13. The molecule has 0 aliphatic carbocycles. The third-order valence-electron chi connectivity index (χ3n) is 5.25. The summed E-state index contributed by atoms with van der Waals surface area (Å²) in [5.41, 5.74) is 0.355. The third-order valence-corrected chi connectivity index (χ3v) is 5.25. The van der Waals surface area contributed by atoms with Gasteiger partial charge in [-0.3, -0.25) is 24.0 Å². The first-order chi connectivity index (χ1) is 18.8. The van der Waals surface area contributed by atoms with Crippen LogP contribution in [0.2, 0.25) is 0 Å². The molecule has 2 rings (SSSR count). The predicted octanol–water partition coefficient (Wildman–Crippen LogP) is 0.832. The summed E-state index contributed by atoms with van der Waals surface area (Å²) in [6.45, 7) is 4.83. The number of hydrogen-bond donors (Lipinski definition) is 2. The lowest BCUT2D eigenvalue weighted by atomic mass is 9.93. The minimum absolute atomic E-state index is 0.355. The van der Waals surface area contributed by atoms with E-state index in [1.165, 1.54) is 7.11 Å². The van der Waals surface area contributed by atoms with Crippen molar-refractivity contribution in [3.63, 3.8) is 0 Å². The van der Waals surface area contributed by atoms with Gasteiger partial charge in [0.1, 0.15) is 24.5 Å². The number of hydrogen-bond acceptors (Lipinski definition) is 13. The van der Waals surface area contributed by atoms with Gasteiger partial charge < -0.3 is 43.8 Å². The van der Waals surface area contributed by atoms with Crippen LogP contribution in [0.4, 0.5) is 10.5 Å². The minimum Gasteiger partial charge on any atom is -0.497 e. The highest BCUT2D eigenvalue weighted by Gasteiger charge is 2.55. The van der Waals surface area contributed by atoms with Crippen LogP contribution < -0.4 is 15.4 Å². The highest BCUT2D eigenvalue weighted by atomic mass is 16.7. The van der Waals surface area contributed by atoms with Crippen molar-refractivity contribution in [1.82, 2.24) is 5.32 Å². The molecule has 6 atom stereocenters. The maximum absolute atomic E-state index is 12.9. The van der Waals surface area contributed by atoms with Crippen molar-refractivity contribution in [1.29, 1.82) is 0 Å². The maximum atomic E-state index is 12.9. The van der Waals surface area contributed by atoms with Crippen LogP contribution in [0, 0.1) is 0 Å². The molecule has 1 fully saturated rings. The smallest absolute Gasteiger partial charge is 0.319 e. The van der Waals surface area contributed by atoms with Crippen molar-refractivity contribution < 1.29 is 61.9 Å². The predicted molar refractivity (Wildman–Crippen MR) is 133 cm³/mol. The van der Waals surface area contributed by atoms with Crippen LogP contribution in [0.5, 0.6) is 5.75 Å². The number of esters is 5. The van der Waals surface area contributed by atoms with E-state index < -0.39 is 79.2 Å². The summed E-state index contributed by atoms with van der Waals surface area (Å²) in [4.78, 5) is 72.4. The van der Waals surface area contributed by atoms with Crippen molar-refractivity contribution >= 4 is 41.6 Å². The van der Waals surface area contributed by atoms with Gasteiger partial charge in [-0.2, -0.15) is 0 Å². The van der Waals surface area contributed by atoms with E-state index in [0.717, 1.165) is 34.6 Å². The van der Waals surface area contributed by atoms with E-state index in [-0.39, 0.29) is 0 Å². The fourth-order valence-corrected chi connectivity index (χ4v) is 3.84. The Labute approximate surface area is 229 Å². The molecular weight excluding hydrogens is 536 g/mol. The number of rotatable bonds is 10. The molecule has 0 unspecified atom stereocenters. The largest absolute Gasteiger partial charge is 0.497 e. The second-order valence-corrected chi connectivity index (χ2v) is 8.53. The molecule has 0 aromatic heterocycles.